The molecule has 1 aromatic rings. The first kappa shape index (κ1) is 12.4. The minimum atomic E-state index is 0.144. The Kier molecular flexibility index (Phi) is 3.52. The third-order valence-electron chi connectivity index (χ3n) is 3.96. The van der Waals surface area contributed by atoms with E-state index < -0.39 is 0 Å². The van der Waals surface area contributed by atoms with Gasteiger partial charge in [-0.1, -0.05) is 12.8 Å². The second-order valence-electron chi connectivity index (χ2n) is 5.30. The zero-order valence-electron chi connectivity index (χ0n) is 10.4. The Balaban J connectivity index is 1.64. The Labute approximate surface area is 116 Å². The molecule has 0 bridgehead atoms. The van der Waals surface area contributed by atoms with Crippen molar-refractivity contribution in [3.05, 3.63) is 16.9 Å². The third-order valence-corrected chi connectivity index (χ3v) is 4.37. The largest absolute Gasteiger partial charge is 0.375 e. The molecule has 1 unspecified atom stereocenters. The summed E-state index contributed by atoms with van der Waals surface area (Å²) in [6, 6.07) is 0.443. The zero-order valence-corrected chi connectivity index (χ0v) is 11.9. The lowest BCUT2D eigenvalue weighted by atomic mass is 9.89. The van der Waals surface area contributed by atoms with Gasteiger partial charge in [-0.15, -0.1) is 0 Å². The van der Waals surface area contributed by atoms with Crippen LogP contribution in [0, 0.1) is 0 Å². The first-order chi connectivity index (χ1) is 8.76. The molecule has 1 saturated heterocycles. The molecule has 2 heterocycles. The summed E-state index contributed by atoms with van der Waals surface area (Å²) < 4.78 is 6.93. The normalized spacial score (nSPS) is 26.4. The smallest absolute Gasteiger partial charge is 0.222 e. The first-order valence-electron chi connectivity index (χ1n) is 6.64. The Morgan fingerprint density at radius 1 is 1.28 bits per heavy atom. The summed E-state index contributed by atoms with van der Waals surface area (Å²) >= 11 is 3.35. The molecule has 5 heteroatoms. The Morgan fingerprint density at radius 3 is 2.72 bits per heavy atom. The van der Waals surface area contributed by atoms with Crippen LogP contribution in [0.1, 0.15) is 38.5 Å². The number of aromatic nitrogens is 2. The maximum Gasteiger partial charge on any atom is 0.222 e. The third kappa shape index (κ3) is 2.67. The number of anilines is 1. The van der Waals surface area contributed by atoms with E-state index in [0.29, 0.717) is 6.04 Å². The van der Waals surface area contributed by atoms with Crippen molar-refractivity contribution in [3.8, 4) is 0 Å². The number of nitrogens with zero attached hydrogens (tertiary/aromatic N) is 2. The Hall–Kier alpha value is -0.680. The lowest BCUT2D eigenvalue weighted by molar-refractivity contribution is -0.0767. The SMILES string of the molecule is Brc1cnc(NC2CCOC3(CCCC3)C2)nc1. The molecule has 0 radical (unpaired) electrons. The molecular weight excluding hydrogens is 294 g/mol. The molecule has 4 nitrogen and oxygen atoms in total. The van der Waals surface area contributed by atoms with Crippen LogP contribution in [0.3, 0.4) is 0 Å². The summed E-state index contributed by atoms with van der Waals surface area (Å²) in [6.45, 7) is 0.855. The van der Waals surface area contributed by atoms with E-state index in [1.54, 1.807) is 12.4 Å². The van der Waals surface area contributed by atoms with Gasteiger partial charge in [0.15, 0.2) is 0 Å². The van der Waals surface area contributed by atoms with Crippen LogP contribution in [0.25, 0.3) is 0 Å². The van der Waals surface area contributed by atoms with Gasteiger partial charge in [0.1, 0.15) is 0 Å². The van der Waals surface area contributed by atoms with Crippen LogP contribution in [-0.2, 0) is 4.74 Å². The summed E-state index contributed by atoms with van der Waals surface area (Å²) in [6.07, 6.45) is 10.7. The molecule has 1 aromatic heterocycles. The summed E-state index contributed by atoms with van der Waals surface area (Å²) in [5, 5.41) is 3.44. The van der Waals surface area contributed by atoms with E-state index in [-0.39, 0.29) is 5.60 Å². The quantitative estimate of drug-likeness (QED) is 0.911. The maximum atomic E-state index is 6.03. The molecule has 1 spiro atoms. The van der Waals surface area contributed by atoms with Gasteiger partial charge in [-0.05, 0) is 41.6 Å². The molecular formula is C13H18BrN3O. The summed E-state index contributed by atoms with van der Waals surface area (Å²) in [5.41, 5.74) is 0.144. The van der Waals surface area contributed by atoms with E-state index in [9.17, 15) is 0 Å². The van der Waals surface area contributed by atoms with Gasteiger partial charge in [-0.3, -0.25) is 0 Å². The van der Waals surface area contributed by atoms with Crippen LogP contribution in [0.5, 0.6) is 0 Å². The Morgan fingerprint density at radius 2 is 2.00 bits per heavy atom. The van der Waals surface area contributed by atoms with Crippen molar-refractivity contribution in [2.75, 3.05) is 11.9 Å². The van der Waals surface area contributed by atoms with Gasteiger partial charge >= 0.3 is 0 Å². The Bertz CT molecular complexity index is 403. The second-order valence-corrected chi connectivity index (χ2v) is 6.21. The van der Waals surface area contributed by atoms with Gasteiger partial charge in [-0.2, -0.15) is 0 Å². The van der Waals surface area contributed by atoms with Crippen LogP contribution < -0.4 is 5.32 Å². The average Bonchev–Trinajstić information content (AvgIpc) is 2.80. The van der Waals surface area contributed by atoms with Crippen molar-refractivity contribution in [1.29, 1.82) is 0 Å². The van der Waals surface area contributed by atoms with Crippen molar-refractivity contribution in [2.24, 2.45) is 0 Å². The fourth-order valence-electron chi connectivity index (χ4n) is 3.09. The highest BCUT2D eigenvalue weighted by atomic mass is 79.9. The highest BCUT2D eigenvalue weighted by molar-refractivity contribution is 9.10. The van der Waals surface area contributed by atoms with Gasteiger partial charge in [0, 0.05) is 25.0 Å². The van der Waals surface area contributed by atoms with Crippen molar-refractivity contribution >= 4 is 21.9 Å². The molecule has 0 amide bonds. The van der Waals surface area contributed by atoms with Crippen molar-refractivity contribution in [1.82, 2.24) is 9.97 Å². The predicted molar refractivity (Wildman–Crippen MR) is 73.5 cm³/mol. The fourth-order valence-corrected chi connectivity index (χ4v) is 3.29. The minimum absolute atomic E-state index is 0.144. The second kappa shape index (κ2) is 5.13. The predicted octanol–water partition coefficient (Wildman–Crippen LogP) is 3.14. The number of ether oxygens (including phenoxy) is 1. The monoisotopic (exact) mass is 311 g/mol. The average molecular weight is 312 g/mol. The number of hydrogen-bond donors (Lipinski definition) is 1. The number of nitrogens with one attached hydrogen (secondary N) is 1. The van der Waals surface area contributed by atoms with Crippen molar-refractivity contribution in [2.45, 2.75) is 50.2 Å². The molecule has 1 atom stereocenters. The maximum absolute atomic E-state index is 6.03. The number of rotatable bonds is 2. The van der Waals surface area contributed by atoms with Crippen LogP contribution in [0.4, 0.5) is 5.95 Å². The zero-order chi connectivity index (χ0) is 12.4. The highest BCUT2D eigenvalue weighted by Crippen LogP contribution is 2.40. The molecule has 3 rings (SSSR count). The van der Waals surface area contributed by atoms with Crippen LogP contribution in [-0.4, -0.2) is 28.2 Å². The van der Waals surface area contributed by atoms with Gasteiger partial charge in [0.05, 0.1) is 10.1 Å². The van der Waals surface area contributed by atoms with E-state index in [1.807, 2.05) is 0 Å². The molecule has 1 saturated carbocycles. The van der Waals surface area contributed by atoms with Crippen LogP contribution in [0.15, 0.2) is 16.9 Å². The molecule has 18 heavy (non-hydrogen) atoms. The molecule has 1 N–H and O–H groups in total. The summed E-state index contributed by atoms with van der Waals surface area (Å²) in [4.78, 5) is 8.56. The molecule has 2 aliphatic rings. The lowest BCUT2D eigenvalue weighted by Crippen LogP contribution is -2.42. The van der Waals surface area contributed by atoms with Gasteiger partial charge in [-0.25, -0.2) is 9.97 Å². The lowest BCUT2D eigenvalue weighted by Gasteiger charge is -2.38. The van der Waals surface area contributed by atoms with Gasteiger partial charge in [0.2, 0.25) is 5.95 Å². The molecule has 2 fully saturated rings. The van der Waals surface area contributed by atoms with E-state index in [0.717, 1.165) is 29.9 Å². The van der Waals surface area contributed by atoms with E-state index >= 15 is 0 Å². The summed E-state index contributed by atoms with van der Waals surface area (Å²) in [7, 11) is 0. The van der Waals surface area contributed by atoms with Crippen LogP contribution >= 0.6 is 15.9 Å². The van der Waals surface area contributed by atoms with Gasteiger partial charge in [0.25, 0.3) is 0 Å². The van der Waals surface area contributed by atoms with Gasteiger partial charge < -0.3 is 10.1 Å². The highest BCUT2D eigenvalue weighted by Gasteiger charge is 2.39. The first-order valence-corrected chi connectivity index (χ1v) is 7.43. The number of hydrogen-bond acceptors (Lipinski definition) is 4. The standard InChI is InChI=1S/C13H18BrN3O/c14-10-8-15-12(16-9-10)17-11-3-6-18-13(7-11)4-1-2-5-13/h8-9,11H,1-7H2,(H,15,16,17). The van der Waals surface area contributed by atoms with Crippen molar-refractivity contribution in [3.63, 3.8) is 0 Å². The van der Waals surface area contributed by atoms with Crippen molar-refractivity contribution < 1.29 is 4.74 Å². The topological polar surface area (TPSA) is 47.0 Å². The van der Waals surface area contributed by atoms with E-state index in [1.165, 1.54) is 25.7 Å². The summed E-state index contributed by atoms with van der Waals surface area (Å²) in [5.74, 6) is 0.721. The molecule has 1 aliphatic heterocycles. The molecule has 0 aromatic carbocycles. The van der Waals surface area contributed by atoms with Crippen LogP contribution in [0.2, 0.25) is 0 Å². The molecule has 1 aliphatic carbocycles. The fraction of sp³-hybridized carbons (Fsp3) is 0.692. The molecule has 98 valence electrons. The van der Waals surface area contributed by atoms with E-state index in [2.05, 4.69) is 31.2 Å². The minimum Gasteiger partial charge on any atom is -0.375 e. The van der Waals surface area contributed by atoms with E-state index in [4.69, 9.17) is 4.74 Å². The number of halogens is 1.